The number of aryl methyl sites for hydroxylation is 2. The van der Waals surface area contributed by atoms with Gasteiger partial charge in [0.05, 0.1) is 16.6 Å². The van der Waals surface area contributed by atoms with E-state index in [1.54, 1.807) is 0 Å². The SMILES string of the molecule is Cc1ccc(NC(=O)[C@H](C)Sc2nnc3c(n2)[C@@]2(C)CC[C@H]3C2(C)C)c(C)c1. The molecule has 148 valence electrons. The van der Waals surface area contributed by atoms with Gasteiger partial charge in [0.2, 0.25) is 11.1 Å². The van der Waals surface area contributed by atoms with Crippen molar-refractivity contribution in [3.05, 3.63) is 40.7 Å². The summed E-state index contributed by atoms with van der Waals surface area (Å²) in [5, 5.41) is 12.2. The molecule has 1 N–H and O–H groups in total. The summed E-state index contributed by atoms with van der Waals surface area (Å²) in [7, 11) is 0. The van der Waals surface area contributed by atoms with Gasteiger partial charge < -0.3 is 5.32 Å². The number of benzene rings is 1. The van der Waals surface area contributed by atoms with E-state index >= 15 is 0 Å². The summed E-state index contributed by atoms with van der Waals surface area (Å²) in [5.74, 6) is 0.394. The fourth-order valence-corrected chi connectivity index (χ4v) is 5.53. The fraction of sp³-hybridized carbons (Fsp3) is 0.545. The number of nitrogens with one attached hydrogen (secondary N) is 1. The number of thioether (sulfide) groups is 1. The van der Waals surface area contributed by atoms with Gasteiger partial charge in [0.25, 0.3) is 0 Å². The Bertz CT molecular complexity index is 958. The van der Waals surface area contributed by atoms with Crippen LogP contribution in [0.5, 0.6) is 0 Å². The lowest BCUT2D eigenvalue weighted by Crippen LogP contribution is -2.32. The number of anilines is 1. The van der Waals surface area contributed by atoms with Gasteiger partial charge in [-0.05, 0) is 50.7 Å². The molecule has 1 fully saturated rings. The third-order valence-electron chi connectivity index (χ3n) is 7.06. The third-order valence-corrected chi connectivity index (χ3v) is 8.01. The van der Waals surface area contributed by atoms with Crippen LogP contribution < -0.4 is 5.32 Å². The summed E-state index contributed by atoms with van der Waals surface area (Å²) in [6.07, 6.45) is 2.30. The zero-order valence-electron chi connectivity index (χ0n) is 17.5. The lowest BCUT2D eigenvalue weighted by Gasteiger charge is -2.34. The number of amides is 1. The van der Waals surface area contributed by atoms with Crippen LogP contribution in [0.1, 0.15) is 69.0 Å². The van der Waals surface area contributed by atoms with Gasteiger partial charge in [-0.15, -0.1) is 5.10 Å². The monoisotopic (exact) mass is 396 g/mol. The van der Waals surface area contributed by atoms with Crippen molar-refractivity contribution in [2.45, 2.75) is 76.1 Å². The molecule has 5 nitrogen and oxygen atoms in total. The summed E-state index contributed by atoms with van der Waals surface area (Å²) in [6.45, 7) is 12.9. The van der Waals surface area contributed by atoms with Crippen LogP contribution in [-0.4, -0.2) is 26.3 Å². The maximum atomic E-state index is 12.7. The smallest absolute Gasteiger partial charge is 0.237 e. The van der Waals surface area contributed by atoms with Crippen molar-refractivity contribution < 1.29 is 4.79 Å². The molecule has 1 aromatic heterocycles. The summed E-state index contributed by atoms with van der Waals surface area (Å²) >= 11 is 1.38. The molecule has 28 heavy (non-hydrogen) atoms. The number of rotatable bonds is 4. The van der Waals surface area contributed by atoms with Crippen LogP contribution in [0.3, 0.4) is 0 Å². The minimum Gasteiger partial charge on any atom is -0.325 e. The molecule has 1 aromatic carbocycles. The highest BCUT2D eigenvalue weighted by molar-refractivity contribution is 8.00. The Balaban J connectivity index is 1.51. The lowest BCUT2D eigenvalue weighted by atomic mass is 9.70. The van der Waals surface area contributed by atoms with E-state index < -0.39 is 0 Å². The van der Waals surface area contributed by atoms with Gasteiger partial charge in [-0.2, -0.15) is 5.10 Å². The van der Waals surface area contributed by atoms with Gasteiger partial charge in [-0.3, -0.25) is 4.79 Å². The Hall–Kier alpha value is -1.95. The summed E-state index contributed by atoms with van der Waals surface area (Å²) < 4.78 is 0. The normalized spacial score (nSPS) is 25.4. The van der Waals surface area contributed by atoms with Crippen LogP contribution in [0.15, 0.2) is 23.4 Å². The highest BCUT2D eigenvalue weighted by atomic mass is 32.2. The second kappa shape index (κ2) is 6.55. The minimum absolute atomic E-state index is 0.0444. The summed E-state index contributed by atoms with van der Waals surface area (Å²) in [6, 6.07) is 6.02. The van der Waals surface area contributed by atoms with Crippen LogP contribution in [0.25, 0.3) is 0 Å². The number of carbonyl (C=O) groups is 1. The quantitative estimate of drug-likeness (QED) is 0.753. The number of nitrogens with zero attached hydrogens (tertiary/aromatic N) is 3. The van der Waals surface area contributed by atoms with Crippen molar-refractivity contribution in [3.8, 4) is 0 Å². The molecule has 1 heterocycles. The first kappa shape index (κ1) is 19.4. The molecule has 2 bridgehead atoms. The van der Waals surface area contributed by atoms with E-state index in [0.29, 0.717) is 11.1 Å². The van der Waals surface area contributed by atoms with Crippen molar-refractivity contribution in [2.75, 3.05) is 5.32 Å². The van der Waals surface area contributed by atoms with Crippen LogP contribution in [-0.2, 0) is 10.2 Å². The number of hydrogen-bond donors (Lipinski definition) is 1. The van der Waals surface area contributed by atoms with Gasteiger partial charge in [-0.25, -0.2) is 4.98 Å². The van der Waals surface area contributed by atoms with Crippen LogP contribution in [0, 0.1) is 19.3 Å². The second-order valence-electron chi connectivity index (χ2n) is 9.04. The van der Waals surface area contributed by atoms with E-state index in [4.69, 9.17) is 4.98 Å². The molecule has 0 spiro atoms. The Morgan fingerprint density at radius 2 is 2.00 bits per heavy atom. The first-order valence-electron chi connectivity index (χ1n) is 9.93. The fourth-order valence-electron chi connectivity index (χ4n) is 4.81. The molecule has 1 amide bonds. The Morgan fingerprint density at radius 3 is 2.71 bits per heavy atom. The number of hydrogen-bond acceptors (Lipinski definition) is 5. The molecule has 1 saturated carbocycles. The maximum Gasteiger partial charge on any atom is 0.237 e. The predicted octanol–water partition coefficient (Wildman–Crippen LogP) is 4.78. The molecule has 0 saturated heterocycles. The molecular formula is C22H28N4OS. The maximum absolute atomic E-state index is 12.7. The van der Waals surface area contributed by atoms with E-state index in [9.17, 15) is 4.79 Å². The second-order valence-corrected chi connectivity index (χ2v) is 10.3. The van der Waals surface area contributed by atoms with Crippen molar-refractivity contribution in [1.82, 2.24) is 15.2 Å². The van der Waals surface area contributed by atoms with Crippen molar-refractivity contribution >= 4 is 23.4 Å². The Kier molecular flexibility index (Phi) is 4.53. The van der Waals surface area contributed by atoms with Gasteiger partial charge >= 0.3 is 0 Å². The largest absolute Gasteiger partial charge is 0.325 e. The standard InChI is InChI=1S/C22H28N4OS/c1-12-7-8-16(13(2)11-12)23-19(27)14(3)28-20-24-18-17(25-26-20)15-9-10-22(18,6)21(15,4)5/h7-8,11,14-15H,9-10H2,1-6H3,(H,23,27)/t14-,15+,22+/m0/s1. The van der Waals surface area contributed by atoms with Crippen LogP contribution in [0.4, 0.5) is 5.69 Å². The Morgan fingerprint density at radius 1 is 1.25 bits per heavy atom. The average Bonchev–Trinajstić information content (AvgIpc) is 2.96. The molecule has 0 aliphatic heterocycles. The number of aromatic nitrogens is 3. The Labute approximate surface area is 171 Å². The van der Waals surface area contributed by atoms with Crippen molar-refractivity contribution in [3.63, 3.8) is 0 Å². The van der Waals surface area contributed by atoms with Crippen molar-refractivity contribution in [1.29, 1.82) is 0 Å². The molecule has 4 rings (SSSR count). The zero-order chi connectivity index (χ0) is 20.3. The molecule has 3 atom stereocenters. The molecular weight excluding hydrogens is 368 g/mol. The first-order chi connectivity index (χ1) is 13.1. The van der Waals surface area contributed by atoms with E-state index in [1.165, 1.54) is 17.3 Å². The molecule has 2 aromatic rings. The van der Waals surface area contributed by atoms with Gasteiger partial charge in [0, 0.05) is 17.0 Å². The molecule has 6 heteroatoms. The summed E-state index contributed by atoms with van der Waals surface area (Å²) in [5.41, 5.74) is 5.45. The van der Waals surface area contributed by atoms with Crippen molar-refractivity contribution in [2.24, 2.45) is 5.41 Å². The molecule has 2 aliphatic rings. The zero-order valence-corrected chi connectivity index (χ0v) is 18.3. The lowest BCUT2D eigenvalue weighted by molar-refractivity contribution is -0.115. The molecule has 0 radical (unpaired) electrons. The number of fused-ring (bicyclic) bond motifs is 5. The van der Waals surface area contributed by atoms with Gasteiger partial charge in [-0.1, -0.05) is 50.2 Å². The van der Waals surface area contributed by atoms with E-state index in [-0.39, 0.29) is 22.0 Å². The highest BCUT2D eigenvalue weighted by Gasteiger charge is 2.61. The van der Waals surface area contributed by atoms with Gasteiger partial charge in [0.15, 0.2) is 0 Å². The van der Waals surface area contributed by atoms with Crippen LogP contribution >= 0.6 is 11.8 Å². The molecule has 2 aliphatic carbocycles. The number of carbonyl (C=O) groups excluding carboxylic acids is 1. The van der Waals surface area contributed by atoms with E-state index in [0.717, 1.165) is 35.5 Å². The van der Waals surface area contributed by atoms with Gasteiger partial charge in [0.1, 0.15) is 0 Å². The van der Waals surface area contributed by atoms with Crippen LogP contribution in [0.2, 0.25) is 0 Å². The molecule has 0 unspecified atom stereocenters. The predicted molar refractivity (Wildman–Crippen MR) is 113 cm³/mol. The topological polar surface area (TPSA) is 67.8 Å². The third kappa shape index (κ3) is 2.84. The van der Waals surface area contributed by atoms with E-state index in [1.807, 2.05) is 32.9 Å². The summed E-state index contributed by atoms with van der Waals surface area (Å²) in [4.78, 5) is 17.5. The average molecular weight is 397 g/mol. The first-order valence-corrected chi connectivity index (χ1v) is 10.8. The minimum atomic E-state index is -0.306. The highest BCUT2D eigenvalue weighted by Crippen LogP contribution is 2.66. The van der Waals surface area contributed by atoms with E-state index in [2.05, 4.69) is 42.4 Å².